The molecule has 2 aliphatic heterocycles. The number of benzene rings is 1. The average molecular weight is 435 g/mol. The summed E-state index contributed by atoms with van der Waals surface area (Å²) in [5.41, 5.74) is -0.696. The number of carbonyl (C=O) groups excluding carboxylic acids is 1. The zero-order valence-electron chi connectivity index (χ0n) is 15.3. The normalized spacial score (nSPS) is 22.7. The van der Waals surface area contributed by atoms with Crippen molar-refractivity contribution in [1.82, 2.24) is 15.3 Å². The van der Waals surface area contributed by atoms with Gasteiger partial charge in [0, 0.05) is 22.9 Å². The van der Waals surface area contributed by atoms with Crippen molar-refractivity contribution in [3.63, 3.8) is 0 Å². The summed E-state index contributed by atoms with van der Waals surface area (Å²) in [4.78, 5) is 35.0. The summed E-state index contributed by atoms with van der Waals surface area (Å²) < 4.78 is 33.3. The molecule has 2 atom stereocenters. The van der Waals surface area contributed by atoms with Gasteiger partial charge in [0.25, 0.3) is 5.91 Å². The molecule has 3 heterocycles. The van der Waals surface area contributed by atoms with Crippen LogP contribution in [0.5, 0.6) is 0 Å². The number of hydrogen-bond donors (Lipinski definition) is 3. The summed E-state index contributed by atoms with van der Waals surface area (Å²) in [5, 5.41) is 13.9. The van der Waals surface area contributed by atoms with Gasteiger partial charge in [-0.3, -0.25) is 10.1 Å². The lowest BCUT2D eigenvalue weighted by Crippen LogP contribution is -2.42. The van der Waals surface area contributed by atoms with E-state index in [0.29, 0.717) is 12.4 Å². The van der Waals surface area contributed by atoms with Gasteiger partial charge in [0.05, 0.1) is 25.6 Å². The van der Waals surface area contributed by atoms with Gasteiger partial charge < -0.3 is 15.2 Å². The second kappa shape index (κ2) is 7.95. The highest BCUT2D eigenvalue weighted by Gasteiger charge is 2.49. The van der Waals surface area contributed by atoms with Crippen molar-refractivity contribution in [2.75, 3.05) is 24.3 Å². The van der Waals surface area contributed by atoms with E-state index in [1.165, 1.54) is 30.0 Å². The number of amides is 2. The number of carbonyl (C=O) groups is 2. The first-order valence-electron chi connectivity index (χ1n) is 8.76. The van der Waals surface area contributed by atoms with E-state index in [-0.39, 0.29) is 34.8 Å². The van der Waals surface area contributed by atoms with E-state index in [4.69, 9.17) is 9.84 Å². The Labute approximate surface area is 173 Å². The van der Waals surface area contributed by atoms with Gasteiger partial charge in [0.1, 0.15) is 11.4 Å². The predicted molar refractivity (Wildman–Crippen MR) is 103 cm³/mol. The van der Waals surface area contributed by atoms with Crippen LogP contribution in [0.15, 0.2) is 35.6 Å². The second-order valence-corrected chi connectivity index (χ2v) is 7.68. The monoisotopic (exact) mass is 435 g/mol. The van der Waals surface area contributed by atoms with Gasteiger partial charge in [0.2, 0.25) is 5.82 Å². The maximum atomic E-state index is 14.8. The topological polar surface area (TPSA) is 126 Å². The molecule has 1 aromatic heterocycles. The third-order valence-electron chi connectivity index (χ3n) is 4.77. The summed E-state index contributed by atoms with van der Waals surface area (Å²) in [6.07, 6.45) is 0.459. The molecule has 2 unspecified atom stereocenters. The lowest BCUT2D eigenvalue weighted by atomic mass is 9.81. The molecule has 3 N–H and O–H groups in total. The van der Waals surface area contributed by atoms with Crippen molar-refractivity contribution < 1.29 is 28.2 Å². The number of anilines is 1. The molecule has 12 heteroatoms. The van der Waals surface area contributed by atoms with E-state index in [1.807, 2.05) is 0 Å². The van der Waals surface area contributed by atoms with E-state index >= 15 is 0 Å². The van der Waals surface area contributed by atoms with Crippen LogP contribution < -0.4 is 10.6 Å². The van der Waals surface area contributed by atoms with Gasteiger partial charge in [-0.2, -0.15) is 0 Å². The van der Waals surface area contributed by atoms with Crippen LogP contribution in [0.2, 0.25) is 0 Å². The van der Waals surface area contributed by atoms with Crippen LogP contribution in [0.3, 0.4) is 0 Å². The standard InChI is InChI=1S/C18H15F2N5O4S/c19-10-4-21-14(22-5-10)15(26)23-11-1-2-13(20)12(3-11)18-8-29-6-9(18)7-30-16(25-18)24-17(27)28/h1-5,9H,6-8H2,(H,23,26)(H,24,25)(H,27,28). The van der Waals surface area contributed by atoms with Crippen LogP contribution in [0.25, 0.3) is 0 Å². The van der Waals surface area contributed by atoms with Gasteiger partial charge in [-0.15, -0.1) is 0 Å². The number of aliphatic imine (C=N–C) groups is 1. The maximum Gasteiger partial charge on any atom is 0.410 e. The molecule has 0 radical (unpaired) electrons. The Balaban J connectivity index is 1.67. The number of hydrogen-bond acceptors (Lipinski definition) is 7. The van der Waals surface area contributed by atoms with Gasteiger partial charge in [-0.1, -0.05) is 11.8 Å². The summed E-state index contributed by atoms with van der Waals surface area (Å²) in [7, 11) is 0. The molecule has 0 saturated carbocycles. The first-order valence-corrected chi connectivity index (χ1v) is 9.75. The lowest BCUT2D eigenvalue weighted by molar-refractivity contribution is 0.101. The first kappa shape index (κ1) is 20.2. The molecule has 2 amide bonds. The molecule has 9 nitrogen and oxygen atoms in total. The van der Waals surface area contributed by atoms with E-state index in [2.05, 4.69) is 25.6 Å². The Morgan fingerprint density at radius 2 is 2.00 bits per heavy atom. The molecule has 2 aliphatic rings. The lowest BCUT2D eigenvalue weighted by Gasteiger charge is -2.34. The average Bonchev–Trinajstić information content (AvgIpc) is 3.13. The third kappa shape index (κ3) is 3.83. The minimum atomic E-state index is -1.27. The number of nitrogens with zero attached hydrogens (tertiary/aromatic N) is 3. The van der Waals surface area contributed by atoms with Gasteiger partial charge in [-0.25, -0.2) is 28.5 Å². The fourth-order valence-corrected chi connectivity index (χ4v) is 4.50. The van der Waals surface area contributed by atoms with Gasteiger partial charge in [-0.05, 0) is 18.2 Å². The minimum Gasteiger partial charge on any atom is -0.465 e. The summed E-state index contributed by atoms with van der Waals surface area (Å²) in [6, 6.07) is 3.97. The van der Waals surface area contributed by atoms with Crippen LogP contribution in [-0.2, 0) is 10.3 Å². The summed E-state index contributed by atoms with van der Waals surface area (Å²) >= 11 is 1.22. The second-order valence-electron chi connectivity index (χ2n) is 6.67. The highest BCUT2D eigenvalue weighted by Crippen LogP contribution is 2.46. The van der Waals surface area contributed by atoms with E-state index in [1.54, 1.807) is 0 Å². The van der Waals surface area contributed by atoms with Gasteiger partial charge in [0.15, 0.2) is 11.0 Å². The van der Waals surface area contributed by atoms with Crippen molar-refractivity contribution in [3.05, 3.63) is 53.6 Å². The molecule has 1 aromatic carbocycles. The maximum absolute atomic E-state index is 14.8. The SMILES string of the molecule is O=C(O)NC1=NC2(c3cc(NC(=O)c4ncc(F)cn4)ccc3F)COCC2CS1. The molecule has 0 aliphatic carbocycles. The molecular formula is C18H15F2N5O4S. The molecule has 2 aromatic rings. The molecule has 0 bridgehead atoms. The van der Waals surface area contributed by atoms with Crippen molar-refractivity contribution >= 4 is 34.6 Å². The minimum absolute atomic E-state index is 0.0679. The van der Waals surface area contributed by atoms with Crippen LogP contribution in [0.4, 0.5) is 19.3 Å². The Morgan fingerprint density at radius 3 is 2.73 bits per heavy atom. The van der Waals surface area contributed by atoms with E-state index in [0.717, 1.165) is 12.4 Å². The largest absolute Gasteiger partial charge is 0.465 e. The number of fused-ring (bicyclic) bond motifs is 1. The highest BCUT2D eigenvalue weighted by atomic mass is 32.2. The van der Waals surface area contributed by atoms with Gasteiger partial charge >= 0.3 is 6.09 Å². The number of aromatic nitrogens is 2. The quantitative estimate of drug-likeness (QED) is 0.675. The molecule has 0 spiro atoms. The number of ether oxygens (including phenoxy) is 1. The Hall–Kier alpha value is -3.12. The van der Waals surface area contributed by atoms with Crippen molar-refractivity contribution in [3.8, 4) is 0 Å². The first-order chi connectivity index (χ1) is 14.4. The fourth-order valence-electron chi connectivity index (χ4n) is 3.38. The summed E-state index contributed by atoms with van der Waals surface area (Å²) in [5.74, 6) is -1.88. The van der Waals surface area contributed by atoms with Crippen LogP contribution in [0, 0.1) is 17.6 Å². The Morgan fingerprint density at radius 1 is 1.23 bits per heavy atom. The molecule has 1 saturated heterocycles. The zero-order valence-corrected chi connectivity index (χ0v) is 16.1. The van der Waals surface area contributed by atoms with Crippen LogP contribution >= 0.6 is 11.8 Å². The predicted octanol–water partition coefficient (Wildman–Crippen LogP) is 2.22. The van der Waals surface area contributed by atoms with Crippen molar-refractivity contribution in [1.29, 1.82) is 0 Å². The van der Waals surface area contributed by atoms with Crippen LogP contribution in [-0.4, -0.2) is 51.2 Å². The van der Waals surface area contributed by atoms with Crippen molar-refractivity contribution in [2.45, 2.75) is 5.54 Å². The summed E-state index contributed by atoms with van der Waals surface area (Å²) in [6.45, 7) is 0.411. The number of nitrogens with one attached hydrogen (secondary N) is 2. The number of amidine groups is 1. The van der Waals surface area contributed by atoms with Crippen molar-refractivity contribution in [2.24, 2.45) is 10.9 Å². The Kier molecular flexibility index (Phi) is 5.35. The highest BCUT2D eigenvalue weighted by molar-refractivity contribution is 8.13. The zero-order chi connectivity index (χ0) is 21.3. The molecule has 30 heavy (non-hydrogen) atoms. The number of rotatable bonds is 3. The molecular weight excluding hydrogens is 420 g/mol. The molecule has 1 fully saturated rings. The molecule has 156 valence electrons. The van der Waals surface area contributed by atoms with Crippen LogP contribution in [0.1, 0.15) is 16.2 Å². The number of thioether (sulfide) groups is 1. The number of halogens is 2. The fraction of sp³-hybridized carbons (Fsp3) is 0.278. The Bertz CT molecular complexity index is 1040. The smallest absolute Gasteiger partial charge is 0.410 e. The number of carboxylic acid groups (broad SMARTS) is 1. The third-order valence-corrected chi connectivity index (χ3v) is 5.80. The molecule has 4 rings (SSSR count). The van der Waals surface area contributed by atoms with E-state index in [9.17, 15) is 18.4 Å². The van der Waals surface area contributed by atoms with E-state index < -0.39 is 29.2 Å².